The first-order valence-corrected chi connectivity index (χ1v) is 10.5. The van der Waals surface area contributed by atoms with Crippen molar-refractivity contribution in [2.45, 2.75) is 11.8 Å². The van der Waals surface area contributed by atoms with Crippen molar-refractivity contribution < 1.29 is 13.9 Å². The van der Waals surface area contributed by atoms with Crippen LogP contribution in [0.15, 0.2) is 55.3 Å². The number of aromatic nitrogens is 5. The Labute approximate surface area is 200 Å². The molecule has 35 heavy (non-hydrogen) atoms. The zero-order valence-electron chi connectivity index (χ0n) is 19.2. The third-order valence-corrected chi connectivity index (χ3v) is 5.46. The lowest BCUT2D eigenvalue weighted by Gasteiger charge is -2.42. The van der Waals surface area contributed by atoms with Crippen LogP contribution >= 0.6 is 0 Å². The lowest BCUT2D eigenvalue weighted by atomic mass is 9.88. The van der Waals surface area contributed by atoms with Gasteiger partial charge in [-0.05, 0) is 18.2 Å². The highest BCUT2D eigenvalue weighted by Gasteiger charge is 2.46. The number of allylic oxidation sites excluding steroid dienone is 2. The number of aryl methyl sites for hydroxylation is 1. The van der Waals surface area contributed by atoms with E-state index < -0.39 is 17.6 Å². The molecule has 178 valence electrons. The predicted octanol–water partition coefficient (Wildman–Crippen LogP) is 1.86. The minimum absolute atomic E-state index is 0.128. The molecule has 1 aliphatic rings. The maximum Gasteiger partial charge on any atom is 0.256 e. The number of nitrogens with zero attached hydrogens (tertiary/aromatic N) is 6. The molecule has 0 saturated heterocycles. The molecule has 1 aliphatic carbocycles. The smallest absolute Gasteiger partial charge is 0.256 e. The van der Waals surface area contributed by atoms with Gasteiger partial charge in [-0.15, -0.1) is 0 Å². The molecule has 0 spiro atoms. The van der Waals surface area contributed by atoms with Crippen LogP contribution in [0.5, 0.6) is 0 Å². The summed E-state index contributed by atoms with van der Waals surface area (Å²) in [7, 11) is 4.74. The number of ether oxygens (including phenoxy) is 1. The van der Waals surface area contributed by atoms with Crippen LogP contribution in [0.3, 0.4) is 0 Å². The van der Waals surface area contributed by atoms with Gasteiger partial charge in [-0.1, -0.05) is 18.2 Å². The first kappa shape index (κ1) is 23.5. The Kier molecular flexibility index (Phi) is 6.52. The number of anilines is 2. The van der Waals surface area contributed by atoms with Crippen molar-refractivity contribution >= 4 is 23.0 Å². The van der Waals surface area contributed by atoms with Crippen LogP contribution in [0.25, 0.3) is 5.57 Å². The fourth-order valence-corrected chi connectivity index (χ4v) is 3.77. The molecule has 0 fully saturated rings. The van der Waals surface area contributed by atoms with E-state index in [4.69, 9.17) is 4.74 Å². The highest BCUT2D eigenvalue weighted by atomic mass is 19.1. The van der Waals surface area contributed by atoms with Gasteiger partial charge in [0.05, 0.1) is 22.7 Å². The number of hydrogen-bond acceptors (Lipinski definition) is 9. The van der Waals surface area contributed by atoms with E-state index in [1.807, 2.05) is 12.1 Å². The Bertz CT molecular complexity index is 1360. The normalized spacial score (nSPS) is 18.9. The second-order valence-corrected chi connectivity index (χ2v) is 7.56. The van der Waals surface area contributed by atoms with E-state index in [0.717, 1.165) is 0 Å². The summed E-state index contributed by atoms with van der Waals surface area (Å²) >= 11 is 0. The summed E-state index contributed by atoms with van der Waals surface area (Å²) in [5.74, 6) is -0.358. The van der Waals surface area contributed by atoms with Crippen LogP contribution in [-0.4, -0.2) is 56.6 Å². The molecule has 2 unspecified atom stereocenters. The van der Waals surface area contributed by atoms with Gasteiger partial charge >= 0.3 is 0 Å². The number of carbonyl (C=O) groups is 1. The molecule has 0 saturated carbocycles. The summed E-state index contributed by atoms with van der Waals surface area (Å²) in [6.45, 7) is 0. The minimum Gasteiger partial charge on any atom is -0.358 e. The summed E-state index contributed by atoms with van der Waals surface area (Å²) in [4.78, 5) is 25.0. The molecule has 2 heterocycles. The van der Waals surface area contributed by atoms with Gasteiger partial charge < -0.3 is 20.7 Å². The number of benzene rings is 1. The van der Waals surface area contributed by atoms with Crippen LogP contribution in [0.1, 0.15) is 21.7 Å². The van der Waals surface area contributed by atoms with Crippen molar-refractivity contribution in [1.82, 2.24) is 30.0 Å². The molecule has 3 aromatic rings. The fourth-order valence-electron chi connectivity index (χ4n) is 3.77. The molecule has 0 bridgehead atoms. The topological polar surface area (TPSA) is 143 Å². The van der Waals surface area contributed by atoms with Crippen LogP contribution in [-0.2, 0) is 11.8 Å². The van der Waals surface area contributed by atoms with E-state index in [0.29, 0.717) is 17.1 Å². The number of methoxy groups -OCH3 is 1. The first-order chi connectivity index (χ1) is 16.9. The average molecular weight is 475 g/mol. The van der Waals surface area contributed by atoms with E-state index >= 15 is 0 Å². The molecule has 0 aliphatic heterocycles. The van der Waals surface area contributed by atoms with Crippen LogP contribution in [0, 0.1) is 17.1 Å². The third kappa shape index (κ3) is 4.44. The quantitative estimate of drug-likeness (QED) is 0.436. The number of nitriles is 1. The Balaban J connectivity index is 1.82. The van der Waals surface area contributed by atoms with Crippen molar-refractivity contribution in [2.24, 2.45) is 7.05 Å². The molecule has 0 radical (unpaired) electrons. The third-order valence-electron chi connectivity index (χ3n) is 5.46. The van der Waals surface area contributed by atoms with Gasteiger partial charge in [0.1, 0.15) is 30.4 Å². The number of hydrogen-bond donors (Lipinski definition) is 3. The number of nitrogens with one attached hydrogen (secondary N) is 3. The summed E-state index contributed by atoms with van der Waals surface area (Å²) in [6.07, 6.45) is 9.68. The Morgan fingerprint density at radius 2 is 2.17 bits per heavy atom. The fraction of sp³-hybridized carbons (Fsp3) is 0.217. The average Bonchev–Trinajstić information content (AvgIpc) is 3.31. The standard InChI is InChI=1S/C23H22FN9O2/c1-26-22(34)16-11-27-12-28-20(16)30-19-6-4-5-17(21-29-13-33(2)32-21)23(19,35-3)31-15-7-8-18(24)14(9-15)10-25/h4-9,11-13,19,31H,1-3H3,(H,26,34)(H,27,28,30). The highest BCUT2D eigenvalue weighted by molar-refractivity contribution is 5.98. The summed E-state index contributed by atoms with van der Waals surface area (Å²) < 4.78 is 21.6. The van der Waals surface area contributed by atoms with Crippen LogP contribution in [0.2, 0.25) is 0 Å². The molecule has 2 atom stereocenters. The van der Waals surface area contributed by atoms with E-state index in [1.54, 1.807) is 30.2 Å². The lowest BCUT2D eigenvalue weighted by molar-refractivity contribution is 0.0586. The van der Waals surface area contributed by atoms with Crippen molar-refractivity contribution in [3.63, 3.8) is 0 Å². The van der Waals surface area contributed by atoms with Gasteiger partial charge in [0.2, 0.25) is 0 Å². The van der Waals surface area contributed by atoms with Crippen molar-refractivity contribution in [3.05, 3.63) is 78.0 Å². The maximum atomic E-state index is 14.0. The summed E-state index contributed by atoms with van der Waals surface area (Å²) in [6, 6.07) is 5.25. The van der Waals surface area contributed by atoms with E-state index in [1.165, 1.54) is 44.9 Å². The first-order valence-electron chi connectivity index (χ1n) is 10.5. The van der Waals surface area contributed by atoms with Crippen molar-refractivity contribution in [1.29, 1.82) is 5.26 Å². The number of amides is 1. The summed E-state index contributed by atoms with van der Waals surface area (Å²) in [5, 5.41) is 22.8. The van der Waals surface area contributed by atoms with Crippen molar-refractivity contribution in [2.75, 3.05) is 24.8 Å². The van der Waals surface area contributed by atoms with Gasteiger partial charge in [-0.3, -0.25) is 9.48 Å². The Morgan fingerprint density at radius 3 is 2.86 bits per heavy atom. The molecular weight excluding hydrogens is 453 g/mol. The SMILES string of the molecule is CNC(=O)c1cncnc1NC1C=CC=C(c2ncn(C)n2)C1(Nc1ccc(F)c(C#N)c1)OC. The van der Waals surface area contributed by atoms with E-state index in [9.17, 15) is 14.4 Å². The molecule has 1 aromatic carbocycles. The molecule has 3 N–H and O–H groups in total. The van der Waals surface area contributed by atoms with Gasteiger partial charge in [0.15, 0.2) is 11.5 Å². The van der Waals surface area contributed by atoms with Gasteiger partial charge in [0, 0.05) is 33.1 Å². The lowest BCUT2D eigenvalue weighted by Crippen LogP contribution is -2.55. The number of carbonyl (C=O) groups excluding carboxylic acids is 1. The predicted molar refractivity (Wildman–Crippen MR) is 125 cm³/mol. The number of rotatable bonds is 7. The molecule has 11 nitrogen and oxygen atoms in total. The molecule has 1 amide bonds. The Morgan fingerprint density at radius 1 is 1.34 bits per heavy atom. The Hall–Kier alpha value is -4.63. The molecule has 2 aromatic heterocycles. The van der Waals surface area contributed by atoms with Gasteiger partial charge in [-0.2, -0.15) is 10.4 Å². The minimum atomic E-state index is -1.36. The van der Waals surface area contributed by atoms with Crippen molar-refractivity contribution in [3.8, 4) is 6.07 Å². The van der Waals surface area contributed by atoms with E-state index in [2.05, 4.69) is 36.0 Å². The zero-order valence-corrected chi connectivity index (χ0v) is 19.2. The molecule has 4 rings (SSSR count). The zero-order chi connectivity index (χ0) is 25.0. The second-order valence-electron chi connectivity index (χ2n) is 7.56. The van der Waals surface area contributed by atoms with Crippen LogP contribution < -0.4 is 16.0 Å². The number of halogens is 1. The van der Waals surface area contributed by atoms with Crippen LogP contribution in [0.4, 0.5) is 15.9 Å². The highest BCUT2D eigenvalue weighted by Crippen LogP contribution is 2.38. The molecular formula is C23H22FN9O2. The van der Waals surface area contributed by atoms with Gasteiger partial charge in [-0.25, -0.2) is 19.3 Å². The largest absolute Gasteiger partial charge is 0.358 e. The monoisotopic (exact) mass is 475 g/mol. The van der Waals surface area contributed by atoms with E-state index in [-0.39, 0.29) is 22.9 Å². The molecule has 12 heteroatoms. The van der Waals surface area contributed by atoms with Gasteiger partial charge in [0.25, 0.3) is 5.91 Å². The second kappa shape index (κ2) is 9.70. The maximum absolute atomic E-state index is 14.0. The summed E-state index contributed by atoms with van der Waals surface area (Å²) in [5.41, 5.74) is -0.279.